The van der Waals surface area contributed by atoms with Crippen LogP contribution in [-0.2, 0) is 0 Å². The molecule has 0 aliphatic heterocycles. The van der Waals surface area contributed by atoms with Crippen molar-refractivity contribution in [3.63, 3.8) is 0 Å². The summed E-state index contributed by atoms with van der Waals surface area (Å²) in [5.41, 5.74) is 5.23. The molecule has 0 radical (unpaired) electrons. The molecule has 0 aromatic carbocycles. The maximum atomic E-state index is 11.8. The number of nitrogens with zero attached hydrogens (tertiary/aromatic N) is 2. The first-order valence-corrected chi connectivity index (χ1v) is 4.02. The molecule has 0 saturated carbocycles. The van der Waals surface area contributed by atoms with Gasteiger partial charge in [-0.1, -0.05) is 5.16 Å². The van der Waals surface area contributed by atoms with Gasteiger partial charge in [-0.15, -0.1) is 0 Å². The zero-order chi connectivity index (χ0) is 11.4. The summed E-state index contributed by atoms with van der Waals surface area (Å²) in [4.78, 5) is 1.36. The summed E-state index contributed by atoms with van der Waals surface area (Å²) in [5.74, 6) is -0.102. The quantitative estimate of drug-likeness (QED) is 0.317. The lowest BCUT2D eigenvalue weighted by molar-refractivity contribution is -0.137. The fourth-order valence-corrected chi connectivity index (χ4v) is 0.806. The molecule has 0 saturated heterocycles. The van der Waals surface area contributed by atoms with Gasteiger partial charge in [0.15, 0.2) is 5.84 Å². The van der Waals surface area contributed by atoms with Gasteiger partial charge in [0.25, 0.3) is 0 Å². The molecule has 7 heteroatoms. The molecular weight excluding hydrogens is 199 g/mol. The van der Waals surface area contributed by atoms with Crippen molar-refractivity contribution in [3.05, 3.63) is 0 Å². The maximum Gasteiger partial charge on any atom is 0.390 e. The summed E-state index contributed by atoms with van der Waals surface area (Å²) in [7, 11) is 1.48. The first-order chi connectivity index (χ1) is 6.28. The summed E-state index contributed by atoms with van der Waals surface area (Å²) >= 11 is 0. The molecule has 4 nitrogen and oxygen atoms in total. The lowest BCUT2D eigenvalue weighted by atomic mass is 10.2. The lowest BCUT2D eigenvalue weighted by Crippen LogP contribution is -2.41. The highest BCUT2D eigenvalue weighted by molar-refractivity contribution is 5.84. The van der Waals surface area contributed by atoms with Crippen LogP contribution in [0.15, 0.2) is 5.16 Å². The third-order valence-electron chi connectivity index (χ3n) is 1.95. The van der Waals surface area contributed by atoms with Crippen molar-refractivity contribution in [2.45, 2.75) is 25.6 Å². The van der Waals surface area contributed by atoms with Crippen LogP contribution in [0.4, 0.5) is 13.2 Å². The van der Waals surface area contributed by atoms with E-state index < -0.39 is 18.6 Å². The Morgan fingerprint density at radius 2 is 2.07 bits per heavy atom. The van der Waals surface area contributed by atoms with Crippen molar-refractivity contribution in [1.82, 2.24) is 4.90 Å². The van der Waals surface area contributed by atoms with Gasteiger partial charge in [-0.25, -0.2) is 0 Å². The molecule has 0 bridgehead atoms. The van der Waals surface area contributed by atoms with E-state index in [1.807, 2.05) is 0 Å². The van der Waals surface area contributed by atoms with Gasteiger partial charge >= 0.3 is 6.18 Å². The molecule has 0 aromatic rings. The maximum absolute atomic E-state index is 11.8. The Hall–Kier alpha value is -0.980. The first kappa shape index (κ1) is 13.0. The second kappa shape index (κ2) is 5.04. The largest absolute Gasteiger partial charge is 0.409 e. The zero-order valence-electron chi connectivity index (χ0n) is 8.04. The number of nitrogens with two attached hydrogens (primary N) is 1. The minimum atomic E-state index is -4.18. The van der Waals surface area contributed by atoms with Gasteiger partial charge in [0.2, 0.25) is 0 Å². The van der Waals surface area contributed by atoms with Crippen molar-refractivity contribution >= 4 is 5.84 Å². The average molecular weight is 213 g/mol. The summed E-state index contributed by atoms with van der Waals surface area (Å²) in [6, 6.07) is -0.512. The van der Waals surface area contributed by atoms with E-state index >= 15 is 0 Å². The predicted octanol–water partition coefficient (Wildman–Crippen LogP) is 1.01. The minimum Gasteiger partial charge on any atom is -0.409 e. The normalized spacial score (nSPS) is 16.0. The molecule has 0 rings (SSSR count). The van der Waals surface area contributed by atoms with Gasteiger partial charge < -0.3 is 10.9 Å². The lowest BCUT2D eigenvalue weighted by Gasteiger charge is -2.23. The van der Waals surface area contributed by atoms with Crippen LogP contribution in [0.2, 0.25) is 0 Å². The van der Waals surface area contributed by atoms with Gasteiger partial charge in [-0.3, -0.25) is 4.90 Å². The van der Waals surface area contributed by atoms with Crippen molar-refractivity contribution in [2.75, 3.05) is 13.6 Å². The van der Waals surface area contributed by atoms with Crippen LogP contribution in [0.25, 0.3) is 0 Å². The van der Waals surface area contributed by atoms with Crippen molar-refractivity contribution in [2.24, 2.45) is 10.9 Å². The van der Waals surface area contributed by atoms with Crippen molar-refractivity contribution in [1.29, 1.82) is 0 Å². The van der Waals surface area contributed by atoms with Gasteiger partial charge in [0.1, 0.15) is 0 Å². The number of amidine groups is 1. The van der Waals surface area contributed by atoms with E-state index in [1.54, 1.807) is 6.92 Å². The number of halogens is 3. The Labute approximate surface area is 80.2 Å². The van der Waals surface area contributed by atoms with Gasteiger partial charge in [-0.2, -0.15) is 13.2 Å². The Bertz CT molecular complexity index is 205. The van der Waals surface area contributed by atoms with Crippen LogP contribution in [-0.4, -0.2) is 41.8 Å². The third-order valence-corrected chi connectivity index (χ3v) is 1.95. The molecule has 0 amide bonds. The highest BCUT2D eigenvalue weighted by Crippen LogP contribution is 2.19. The zero-order valence-corrected chi connectivity index (χ0v) is 8.04. The van der Waals surface area contributed by atoms with Crippen LogP contribution >= 0.6 is 0 Å². The number of hydrogen-bond donors (Lipinski definition) is 2. The van der Waals surface area contributed by atoms with E-state index in [-0.39, 0.29) is 12.4 Å². The summed E-state index contributed by atoms with van der Waals surface area (Å²) in [5, 5.41) is 11.0. The van der Waals surface area contributed by atoms with Crippen LogP contribution in [0, 0.1) is 0 Å². The molecule has 14 heavy (non-hydrogen) atoms. The Kier molecular flexibility index (Phi) is 4.69. The van der Waals surface area contributed by atoms with E-state index in [2.05, 4.69) is 5.16 Å². The smallest absolute Gasteiger partial charge is 0.390 e. The monoisotopic (exact) mass is 213 g/mol. The summed E-state index contributed by atoms with van der Waals surface area (Å²) in [6.07, 6.45) is -5.09. The topological polar surface area (TPSA) is 61.9 Å². The molecular formula is C7H14F3N3O. The van der Waals surface area contributed by atoms with Crippen LogP contribution in [0.5, 0.6) is 0 Å². The molecule has 3 N–H and O–H groups in total. The van der Waals surface area contributed by atoms with E-state index in [9.17, 15) is 13.2 Å². The Morgan fingerprint density at radius 1 is 1.57 bits per heavy atom. The SMILES string of the molecule is CC(C(N)=NO)N(C)CCC(F)(F)F. The highest BCUT2D eigenvalue weighted by atomic mass is 19.4. The van der Waals surface area contributed by atoms with E-state index in [4.69, 9.17) is 10.9 Å². The summed E-state index contributed by atoms with van der Waals surface area (Å²) in [6.45, 7) is 1.38. The molecule has 0 spiro atoms. The molecule has 0 aliphatic carbocycles. The summed E-state index contributed by atoms with van der Waals surface area (Å²) < 4.78 is 35.5. The van der Waals surface area contributed by atoms with E-state index in [1.165, 1.54) is 11.9 Å². The molecule has 0 aliphatic rings. The van der Waals surface area contributed by atoms with Crippen molar-refractivity contribution in [3.8, 4) is 0 Å². The fourth-order valence-electron chi connectivity index (χ4n) is 0.806. The second-order valence-corrected chi connectivity index (χ2v) is 3.05. The standard InChI is InChI=1S/C7H14F3N3O/c1-5(6(11)12-14)13(2)4-3-7(8,9)10/h5,14H,3-4H2,1-2H3,(H2,11,12). The average Bonchev–Trinajstić information content (AvgIpc) is 2.10. The third kappa shape index (κ3) is 4.90. The van der Waals surface area contributed by atoms with Gasteiger partial charge in [-0.05, 0) is 14.0 Å². The fraction of sp³-hybridized carbons (Fsp3) is 0.857. The number of oxime groups is 1. The molecule has 1 atom stereocenters. The Morgan fingerprint density at radius 3 is 2.43 bits per heavy atom. The molecule has 0 aromatic heterocycles. The number of likely N-dealkylation sites (N-methyl/N-ethyl adjacent to an activating group) is 1. The predicted molar refractivity (Wildman–Crippen MR) is 46.2 cm³/mol. The van der Waals surface area contributed by atoms with Crippen LogP contribution < -0.4 is 5.73 Å². The van der Waals surface area contributed by atoms with E-state index in [0.29, 0.717) is 0 Å². The van der Waals surface area contributed by atoms with E-state index in [0.717, 1.165) is 0 Å². The molecule has 0 heterocycles. The van der Waals surface area contributed by atoms with Crippen LogP contribution in [0.1, 0.15) is 13.3 Å². The minimum absolute atomic E-state index is 0.102. The first-order valence-electron chi connectivity index (χ1n) is 4.02. The molecule has 84 valence electrons. The Balaban J connectivity index is 4.03. The number of alkyl halides is 3. The second-order valence-electron chi connectivity index (χ2n) is 3.05. The van der Waals surface area contributed by atoms with Gasteiger partial charge in [0.05, 0.1) is 12.5 Å². The molecule has 0 fully saturated rings. The molecule has 1 unspecified atom stereocenters. The number of hydrogen-bond acceptors (Lipinski definition) is 3. The number of rotatable bonds is 4. The van der Waals surface area contributed by atoms with Gasteiger partial charge in [0, 0.05) is 6.54 Å². The highest BCUT2D eigenvalue weighted by Gasteiger charge is 2.28. The van der Waals surface area contributed by atoms with Crippen molar-refractivity contribution < 1.29 is 18.4 Å². The van der Waals surface area contributed by atoms with Crippen LogP contribution in [0.3, 0.4) is 0 Å².